The summed E-state index contributed by atoms with van der Waals surface area (Å²) >= 11 is 0. The Hall–Kier alpha value is -2.86. The lowest BCUT2D eigenvalue weighted by Crippen LogP contribution is -2.35. The van der Waals surface area contributed by atoms with Gasteiger partial charge in [-0.15, -0.1) is 0 Å². The second-order valence-electron chi connectivity index (χ2n) is 7.46. The Balaban J connectivity index is 1.55. The number of ether oxygens (including phenoxy) is 2. The number of pyridine rings is 1. The van der Waals surface area contributed by atoms with E-state index < -0.39 is 0 Å². The van der Waals surface area contributed by atoms with E-state index in [9.17, 15) is 4.79 Å². The van der Waals surface area contributed by atoms with Gasteiger partial charge in [0.15, 0.2) is 12.4 Å². The molecule has 6 heteroatoms. The topological polar surface area (TPSA) is 64.8 Å². The highest BCUT2D eigenvalue weighted by molar-refractivity contribution is 6.01. The Bertz CT molecular complexity index is 1070. The molecular weight excluding hydrogens is 356 g/mol. The summed E-state index contributed by atoms with van der Waals surface area (Å²) in [6.45, 7) is 2.90. The van der Waals surface area contributed by atoms with Crippen molar-refractivity contribution in [3.05, 3.63) is 41.7 Å². The molecule has 0 aliphatic carbocycles. The lowest BCUT2D eigenvalue weighted by atomic mass is 10.1. The van der Waals surface area contributed by atoms with Crippen molar-refractivity contribution in [2.75, 3.05) is 25.2 Å². The van der Waals surface area contributed by atoms with Gasteiger partial charge in [0.2, 0.25) is 0 Å². The van der Waals surface area contributed by atoms with Gasteiger partial charge in [-0.05, 0) is 62.1 Å². The highest BCUT2D eigenvalue weighted by Crippen LogP contribution is 2.38. The van der Waals surface area contributed by atoms with Crippen molar-refractivity contribution in [3.8, 4) is 17.2 Å². The van der Waals surface area contributed by atoms with Crippen LogP contribution in [0.4, 0.5) is 5.69 Å². The highest BCUT2D eigenvalue weighted by atomic mass is 16.5. The number of anilines is 1. The number of carbonyl (C=O) groups excluding carboxylic acids is 1. The van der Waals surface area contributed by atoms with Gasteiger partial charge in [0, 0.05) is 19.0 Å². The second kappa shape index (κ2) is 6.63. The van der Waals surface area contributed by atoms with Crippen LogP contribution >= 0.6 is 0 Å². The number of hydrogen-bond acceptors (Lipinski definition) is 5. The van der Waals surface area contributed by atoms with Crippen molar-refractivity contribution in [3.63, 3.8) is 0 Å². The lowest BCUT2D eigenvalue weighted by molar-refractivity contribution is -0.120. The molecule has 1 saturated heterocycles. The molecule has 1 aromatic carbocycles. The quantitative estimate of drug-likeness (QED) is 0.661. The average Bonchev–Trinajstić information content (AvgIpc) is 3.21. The number of hydrogen-bond donors (Lipinski definition) is 0. The van der Waals surface area contributed by atoms with Gasteiger partial charge >= 0.3 is 0 Å². The van der Waals surface area contributed by atoms with Crippen LogP contribution in [0.2, 0.25) is 0 Å². The third kappa shape index (κ3) is 2.85. The summed E-state index contributed by atoms with van der Waals surface area (Å²) in [5.74, 6) is 2.23. The molecule has 144 valence electrons. The zero-order valence-electron chi connectivity index (χ0n) is 16.0. The van der Waals surface area contributed by atoms with Crippen molar-refractivity contribution < 1.29 is 18.7 Å². The highest BCUT2D eigenvalue weighted by Gasteiger charge is 2.24. The molecule has 0 saturated carbocycles. The number of fused-ring (bicyclic) bond motifs is 2. The van der Waals surface area contributed by atoms with Gasteiger partial charge in [0.25, 0.3) is 5.91 Å². The standard InChI is InChI=1S/C22H22N2O4/c1-13-9-16(18-6-7-20(28-18)19-5-3-4-8-26-19)23-15-11-17-21(10-14(13)15)27-12-22(25)24(17)2/h6-7,9-11,19H,3-5,8,12H2,1-2H3. The third-order valence-electron chi connectivity index (χ3n) is 5.56. The van der Waals surface area contributed by atoms with Gasteiger partial charge in [-0.3, -0.25) is 4.79 Å². The van der Waals surface area contributed by atoms with Gasteiger partial charge in [-0.2, -0.15) is 0 Å². The van der Waals surface area contributed by atoms with Crippen molar-refractivity contribution in [1.82, 2.24) is 4.98 Å². The first-order valence-corrected chi connectivity index (χ1v) is 9.66. The molecule has 5 rings (SSSR count). The molecular formula is C22H22N2O4. The number of aryl methyl sites for hydroxylation is 1. The van der Waals surface area contributed by atoms with E-state index >= 15 is 0 Å². The Labute approximate surface area is 163 Å². The summed E-state index contributed by atoms with van der Waals surface area (Å²) in [6.07, 6.45) is 3.30. The van der Waals surface area contributed by atoms with Crippen LogP contribution in [0.25, 0.3) is 22.4 Å². The third-order valence-corrected chi connectivity index (χ3v) is 5.56. The summed E-state index contributed by atoms with van der Waals surface area (Å²) < 4.78 is 17.5. The molecule has 2 aliphatic heterocycles. The lowest BCUT2D eigenvalue weighted by Gasteiger charge is -2.26. The molecule has 1 fully saturated rings. The van der Waals surface area contributed by atoms with Gasteiger partial charge in [-0.1, -0.05) is 0 Å². The summed E-state index contributed by atoms with van der Waals surface area (Å²) in [4.78, 5) is 18.4. The fourth-order valence-electron chi connectivity index (χ4n) is 3.91. The molecule has 0 bridgehead atoms. The molecule has 4 heterocycles. The number of rotatable bonds is 2. The van der Waals surface area contributed by atoms with Gasteiger partial charge < -0.3 is 18.8 Å². The first kappa shape index (κ1) is 17.3. The number of nitrogens with zero attached hydrogens (tertiary/aromatic N) is 2. The monoisotopic (exact) mass is 378 g/mol. The maximum absolute atomic E-state index is 12.0. The van der Waals surface area contributed by atoms with E-state index in [0.29, 0.717) is 5.75 Å². The van der Waals surface area contributed by atoms with E-state index in [0.717, 1.165) is 65.2 Å². The van der Waals surface area contributed by atoms with Crippen molar-refractivity contribution in [2.24, 2.45) is 0 Å². The minimum atomic E-state index is -0.0668. The molecule has 1 atom stereocenters. The summed E-state index contributed by atoms with van der Waals surface area (Å²) in [7, 11) is 1.76. The van der Waals surface area contributed by atoms with Crippen LogP contribution in [-0.4, -0.2) is 31.2 Å². The molecule has 1 unspecified atom stereocenters. The Morgan fingerprint density at radius 1 is 1.18 bits per heavy atom. The number of likely N-dealkylation sites (N-methyl/N-ethyl adjacent to an activating group) is 1. The minimum Gasteiger partial charge on any atom is -0.482 e. The molecule has 2 aliphatic rings. The summed E-state index contributed by atoms with van der Waals surface area (Å²) in [6, 6.07) is 9.84. The Kier molecular flexibility index (Phi) is 4.09. The SMILES string of the molecule is Cc1cc(-c2ccc(C3CCCCO3)o2)nc2cc3c(cc12)OCC(=O)N3C. The summed E-state index contributed by atoms with van der Waals surface area (Å²) in [5.41, 5.74) is 3.41. The van der Waals surface area contributed by atoms with Gasteiger partial charge in [0.1, 0.15) is 23.3 Å². The van der Waals surface area contributed by atoms with Crippen LogP contribution in [0, 0.1) is 6.92 Å². The molecule has 0 radical (unpaired) electrons. The van der Waals surface area contributed by atoms with Crippen LogP contribution in [-0.2, 0) is 9.53 Å². The first-order chi connectivity index (χ1) is 13.6. The second-order valence-corrected chi connectivity index (χ2v) is 7.46. The molecule has 1 amide bonds. The van der Waals surface area contributed by atoms with Crippen molar-refractivity contribution in [2.45, 2.75) is 32.3 Å². The van der Waals surface area contributed by atoms with Gasteiger partial charge in [-0.25, -0.2) is 4.98 Å². The van der Waals surface area contributed by atoms with E-state index in [2.05, 4.69) is 0 Å². The molecule has 3 aromatic rings. The van der Waals surface area contributed by atoms with Crippen LogP contribution in [0.5, 0.6) is 5.75 Å². The molecule has 2 aromatic heterocycles. The zero-order valence-corrected chi connectivity index (χ0v) is 16.0. The predicted octanol–water partition coefficient (Wildman–Crippen LogP) is 4.40. The Morgan fingerprint density at radius 2 is 2.07 bits per heavy atom. The van der Waals surface area contributed by atoms with Crippen LogP contribution in [0.15, 0.2) is 34.7 Å². The van der Waals surface area contributed by atoms with Crippen molar-refractivity contribution >= 4 is 22.5 Å². The van der Waals surface area contributed by atoms with E-state index in [-0.39, 0.29) is 18.6 Å². The van der Waals surface area contributed by atoms with E-state index in [1.54, 1.807) is 11.9 Å². The number of amides is 1. The van der Waals surface area contributed by atoms with E-state index in [4.69, 9.17) is 18.9 Å². The normalized spacial score (nSPS) is 19.6. The minimum absolute atomic E-state index is 0.0351. The van der Waals surface area contributed by atoms with Crippen molar-refractivity contribution in [1.29, 1.82) is 0 Å². The van der Waals surface area contributed by atoms with E-state index in [1.807, 2.05) is 37.3 Å². The maximum Gasteiger partial charge on any atom is 0.264 e. The maximum atomic E-state index is 12.0. The molecule has 6 nitrogen and oxygen atoms in total. The number of carbonyl (C=O) groups is 1. The first-order valence-electron chi connectivity index (χ1n) is 9.66. The zero-order chi connectivity index (χ0) is 19.3. The molecule has 0 N–H and O–H groups in total. The predicted molar refractivity (Wildman–Crippen MR) is 106 cm³/mol. The van der Waals surface area contributed by atoms with Crippen LogP contribution in [0.1, 0.15) is 36.7 Å². The van der Waals surface area contributed by atoms with Crippen LogP contribution < -0.4 is 9.64 Å². The number of benzene rings is 1. The number of furan rings is 1. The Morgan fingerprint density at radius 3 is 2.89 bits per heavy atom. The average molecular weight is 378 g/mol. The van der Waals surface area contributed by atoms with E-state index in [1.165, 1.54) is 0 Å². The fraction of sp³-hybridized carbons (Fsp3) is 0.364. The van der Waals surface area contributed by atoms with Crippen LogP contribution in [0.3, 0.4) is 0 Å². The summed E-state index contributed by atoms with van der Waals surface area (Å²) in [5, 5.41) is 1.01. The molecule has 28 heavy (non-hydrogen) atoms. The number of aromatic nitrogens is 1. The van der Waals surface area contributed by atoms with Gasteiger partial charge in [0.05, 0.1) is 11.2 Å². The largest absolute Gasteiger partial charge is 0.482 e. The molecule has 0 spiro atoms. The smallest absolute Gasteiger partial charge is 0.264 e. The fourth-order valence-corrected chi connectivity index (χ4v) is 3.91.